The number of nitrogens with zero attached hydrogens (tertiary/aromatic N) is 1. The highest BCUT2D eigenvalue weighted by atomic mass is 35.5. The maximum Gasteiger partial charge on any atom is 0.231 e. The lowest BCUT2D eigenvalue weighted by atomic mass is 10.1. The Morgan fingerprint density at radius 1 is 1.39 bits per heavy atom. The number of anilines is 1. The summed E-state index contributed by atoms with van der Waals surface area (Å²) in [7, 11) is 1.82. The first kappa shape index (κ1) is 16.9. The highest BCUT2D eigenvalue weighted by Gasteiger charge is 2.19. The van der Waals surface area contributed by atoms with E-state index in [0.29, 0.717) is 13.1 Å². The van der Waals surface area contributed by atoms with Crippen LogP contribution in [0.25, 0.3) is 0 Å². The van der Waals surface area contributed by atoms with E-state index in [0.717, 1.165) is 5.69 Å². The van der Waals surface area contributed by atoms with E-state index in [1.54, 1.807) is 17.0 Å². The molecule has 0 aliphatic carbocycles. The Morgan fingerprint density at radius 3 is 2.39 bits per heavy atom. The zero-order chi connectivity index (χ0) is 12.8. The summed E-state index contributed by atoms with van der Waals surface area (Å²) in [5, 5.41) is 2.98. The van der Waals surface area contributed by atoms with Crippen LogP contribution in [0.1, 0.15) is 13.8 Å². The number of carbonyl (C=O) groups excluding carboxylic acids is 1. The number of halogens is 2. The Labute approximate surface area is 114 Å². The summed E-state index contributed by atoms with van der Waals surface area (Å²) in [4.78, 5) is 13.8. The van der Waals surface area contributed by atoms with Gasteiger partial charge in [-0.3, -0.25) is 4.79 Å². The van der Waals surface area contributed by atoms with Crippen LogP contribution in [0.3, 0.4) is 0 Å². The smallest absolute Gasteiger partial charge is 0.231 e. The molecule has 0 saturated carbocycles. The first-order chi connectivity index (χ1) is 8.10. The van der Waals surface area contributed by atoms with E-state index in [2.05, 4.69) is 5.32 Å². The van der Waals surface area contributed by atoms with Gasteiger partial charge in [0.25, 0.3) is 0 Å². The third kappa shape index (κ3) is 4.27. The molecule has 1 N–H and O–H groups in total. The molecule has 1 atom stereocenters. The molecule has 1 unspecified atom stereocenters. The Hall–Kier alpha value is -1.13. The molecule has 0 saturated heterocycles. The minimum atomic E-state index is -0.291. The first-order valence-electron chi connectivity index (χ1n) is 5.81. The summed E-state index contributed by atoms with van der Waals surface area (Å²) in [6, 6.07) is 5.99. The fourth-order valence-electron chi connectivity index (χ4n) is 1.75. The van der Waals surface area contributed by atoms with Crippen LogP contribution >= 0.6 is 12.4 Å². The van der Waals surface area contributed by atoms with Gasteiger partial charge in [0.2, 0.25) is 5.91 Å². The summed E-state index contributed by atoms with van der Waals surface area (Å²) >= 11 is 0. The molecular formula is C13H20ClFN2O. The number of nitrogens with one attached hydrogen (secondary N) is 1. The van der Waals surface area contributed by atoms with Crippen molar-refractivity contribution in [1.82, 2.24) is 5.32 Å². The molecule has 1 aromatic carbocycles. The molecule has 0 bridgehead atoms. The van der Waals surface area contributed by atoms with Crippen molar-refractivity contribution in [1.29, 1.82) is 0 Å². The molecule has 0 radical (unpaired) electrons. The normalized spacial score (nSPS) is 11.6. The molecule has 5 heteroatoms. The second-order valence-corrected chi connectivity index (χ2v) is 4.02. The fourth-order valence-corrected chi connectivity index (χ4v) is 1.75. The van der Waals surface area contributed by atoms with Crippen molar-refractivity contribution in [3.63, 3.8) is 0 Å². The molecule has 0 aliphatic rings. The molecule has 0 aliphatic heterocycles. The SMILES string of the molecule is CCN(C(=O)C(C)CNC)c1ccc(F)cc1.Cl. The number of hydrogen-bond donors (Lipinski definition) is 1. The lowest BCUT2D eigenvalue weighted by Crippen LogP contribution is -2.38. The van der Waals surface area contributed by atoms with Crippen LogP contribution in [0.4, 0.5) is 10.1 Å². The minimum Gasteiger partial charge on any atom is -0.319 e. The van der Waals surface area contributed by atoms with Gasteiger partial charge in [-0.25, -0.2) is 4.39 Å². The predicted molar refractivity (Wildman–Crippen MR) is 74.8 cm³/mol. The number of amides is 1. The zero-order valence-corrected chi connectivity index (χ0v) is 11.8. The van der Waals surface area contributed by atoms with Gasteiger partial charge < -0.3 is 10.2 Å². The molecule has 1 aromatic rings. The van der Waals surface area contributed by atoms with Gasteiger partial charge in [-0.05, 0) is 38.2 Å². The molecule has 3 nitrogen and oxygen atoms in total. The van der Waals surface area contributed by atoms with E-state index in [1.165, 1.54) is 12.1 Å². The molecule has 0 fully saturated rings. The van der Waals surface area contributed by atoms with Gasteiger partial charge in [0, 0.05) is 24.7 Å². The van der Waals surface area contributed by atoms with Crippen molar-refractivity contribution in [2.45, 2.75) is 13.8 Å². The van der Waals surface area contributed by atoms with Crippen LogP contribution in [0.5, 0.6) is 0 Å². The van der Waals surface area contributed by atoms with Crippen molar-refractivity contribution in [3.8, 4) is 0 Å². The van der Waals surface area contributed by atoms with Crippen LogP contribution in [0.2, 0.25) is 0 Å². The van der Waals surface area contributed by atoms with Crippen molar-refractivity contribution in [2.24, 2.45) is 5.92 Å². The summed E-state index contributed by atoms with van der Waals surface area (Å²) in [5.41, 5.74) is 0.738. The van der Waals surface area contributed by atoms with E-state index in [4.69, 9.17) is 0 Å². The number of hydrogen-bond acceptors (Lipinski definition) is 2. The second kappa shape index (κ2) is 8.06. The highest BCUT2D eigenvalue weighted by Crippen LogP contribution is 2.17. The van der Waals surface area contributed by atoms with Gasteiger partial charge in [0.05, 0.1) is 0 Å². The molecule has 102 valence electrons. The van der Waals surface area contributed by atoms with E-state index < -0.39 is 0 Å². The number of carbonyl (C=O) groups is 1. The summed E-state index contributed by atoms with van der Waals surface area (Å²) in [6.45, 7) is 5.01. The van der Waals surface area contributed by atoms with E-state index in [-0.39, 0.29) is 30.0 Å². The molecule has 0 aromatic heterocycles. The Kier molecular flexibility index (Phi) is 7.55. The zero-order valence-electron chi connectivity index (χ0n) is 10.9. The van der Waals surface area contributed by atoms with Crippen molar-refractivity contribution >= 4 is 24.0 Å². The maximum absolute atomic E-state index is 12.8. The average molecular weight is 275 g/mol. The summed E-state index contributed by atoms with van der Waals surface area (Å²) < 4.78 is 12.8. The molecule has 0 heterocycles. The first-order valence-corrected chi connectivity index (χ1v) is 5.81. The molecular weight excluding hydrogens is 255 g/mol. The highest BCUT2D eigenvalue weighted by molar-refractivity contribution is 5.94. The predicted octanol–water partition coefficient (Wildman–Crippen LogP) is 2.46. The lowest BCUT2D eigenvalue weighted by molar-refractivity contribution is -0.121. The molecule has 1 rings (SSSR count). The third-order valence-corrected chi connectivity index (χ3v) is 2.65. The van der Waals surface area contributed by atoms with Crippen LogP contribution in [-0.2, 0) is 4.79 Å². The standard InChI is InChI=1S/C13H19FN2O.ClH/c1-4-16(13(17)10(2)9-15-3)12-7-5-11(14)6-8-12;/h5-8,10,15H,4,9H2,1-3H3;1H. The monoisotopic (exact) mass is 274 g/mol. The fraction of sp³-hybridized carbons (Fsp3) is 0.462. The van der Waals surface area contributed by atoms with E-state index in [1.807, 2.05) is 20.9 Å². The lowest BCUT2D eigenvalue weighted by Gasteiger charge is -2.24. The molecule has 1 amide bonds. The molecule has 18 heavy (non-hydrogen) atoms. The largest absolute Gasteiger partial charge is 0.319 e. The maximum atomic E-state index is 12.8. The van der Waals surface area contributed by atoms with Gasteiger partial charge in [-0.2, -0.15) is 0 Å². The van der Waals surface area contributed by atoms with Crippen LogP contribution < -0.4 is 10.2 Å². The van der Waals surface area contributed by atoms with E-state index in [9.17, 15) is 9.18 Å². The van der Waals surface area contributed by atoms with Crippen LogP contribution in [0.15, 0.2) is 24.3 Å². The second-order valence-electron chi connectivity index (χ2n) is 4.02. The third-order valence-electron chi connectivity index (χ3n) is 2.65. The topological polar surface area (TPSA) is 32.3 Å². The van der Waals surface area contributed by atoms with Gasteiger partial charge in [-0.1, -0.05) is 6.92 Å². The Bertz CT molecular complexity index is 370. The summed E-state index contributed by atoms with van der Waals surface area (Å²) in [5.74, 6) is -0.334. The molecule has 0 spiro atoms. The van der Waals surface area contributed by atoms with Gasteiger partial charge >= 0.3 is 0 Å². The van der Waals surface area contributed by atoms with Crippen molar-refractivity contribution < 1.29 is 9.18 Å². The number of rotatable bonds is 5. The average Bonchev–Trinajstić information content (AvgIpc) is 2.32. The van der Waals surface area contributed by atoms with Gasteiger partial charge in [0.15, 0.2) is 0 Å². The van der Waals surface area contributed by atoms with Crippen LogP contribution in [0, 0.1) is 11.7 Å². The summed E-state index contributed by atoms with van der Waals surface area (Å²) in [6.07, 6.45) is 0. The number of benzene rings is 1. The quantitative estimate of drug-likeness (QED) is 0.895. The van der Waals surface area contributed by atoms with Crippen LogP contribution in [-0.4, -0.2) is 26.0 Å². The minimum absolute atomic E-state index is 0. The Balaban J connectivity index is 0.00000289. The van der Waals surface area contributed by atoms with Crippen molar-refractivity contribution in [3.05, 3.63) is 30.1 Å². The Morgan fingerprint density at radius 2 is 1.94 bits per heavy atom. The van der Waals surface area contributed by atoms with Crippen molar-refractivity contribution in [2.75, 3.05) is 25.0 Å². The van der Waals surface area contributed by atoms with Gasteiger partial charge in [-0.15, -0.1) is 12.4 Å². The van der Waals surface area contributed by atoms with Gasteiger partial charge in [0.1, 0.15) is 5.82 Å². The van der Waals surface area contributed by atoms with E-state index >= 15 is 0 Å².